The molecule has 0 saturated carbocycles. The number of nitrogens with one attached hydrogen (secondary N) is 2. The minimum Gasteiger partial charge on any atom is -0.483 e. The summed E-state index contributed by atoms with van der Waals surface area (Å²) in [6, 6.07) is 3.80. The highest BCUT2D eigenvalue weighted by molar-refractivity contribution is 6.28. The van der Waals surface area contributed by atoms with Gasteiger partial charge in [0.2, 0.25) is 11.7 Å². The summed E-state index contributed by atoms with van der Waals surface area (Å²) in [6.45, 7) is 8.74. The van der Waals surface area contributed by atoms with E-state index in [0.717, 1.165) is 34.3 Å². The minimum atomic E-state index is -1.53. The van der Waals surface area contributed by atoms with E-state index >= 15 is 0 Å². The first-order valence-electron chi connectivity index (χ1n) is 11.8. The average Bonchev–Trinajstić information content (AvgIpc) is 3.36. The van der Waals surface area contributed by atoms with Crippen molar-refractivity contribution in [2.24, 2.45) is 5.92 Å². The van der Waals surface area contributed by atoms with Crippen molar-refractivity contribution >= 4 is 34.6 Å². The van der Waals surface area contributed by atoms with E-state index in [2.05, 4.69) is 24.1 Å². The van der Waals surface area contributed by atoms with E-state index in [4.69, 9.17) is 4.74 Å². The number of carbonyl (C=O) groups excluding carboxylic acids is 3. The fourth-order valence-electron chi connectivity index (χ4n) is 7.32. The highest BCUT2D eigenvalue weighted by atomic mass is 16.5. The number of aromatic amines is 1. The van der Waals surface area contributed by atoms with E-state index < -0.39 is 22.1 Å². The first kappa shape index (κ1) is 19.4. The average molecular weight is 446 g/mol. The molecule has 0 unspecified atom stereocenters. The third kappa shape index (κ3) is 1.94. The summed E-state index contributed by atoms with van der Waals surface area (Å²) in [5, 5.41) is 3.76. The van der Waals surface area contributed by atoms with Crippen LogP contribution in [0.25, 0.3) is 17.0 Å². The first-order valence-corrected chi connectivity index (χ1v) is 11.8. The molecular formula is C26H27N3O4. The fourth-order valence-corrected chi connectivity index (χ4v) is 7.32. The molecule has 8 rings (SSSR count). The fraction of sp³-hybridized carbons (Fsp3) is 0.500. The summed E-state index contributed by atoms with van der Waals surface area (Å²) in [7, 11) is 0. The number of amides is 2. The molecule has 6 aliphatic rings. The van der Waals surface area contributed by atoms with Crippen molar-refractivity contribution in [1.82, 2.24) is 15.2 Å². The number of aromatic nitrogens is 1. The molecule has 170 valence electrons. The lowest BCUT2D eigenvalue weighted by Crippen LogP contribution is -2.86. The summed E-state index contributed by atoms with van der Waals surface area (Å²) < 4.78 is 6.15. The number of fused-ring (bicyclic) bond motifs is 6. The molecule has 7 nitrogen and oxygen atoms in total. The highest BCUT2D eigenvalue weighted by Crippen LogP contribution is 2.59. The quantitative estimate of drug-likeness (QED) is 0.610. The Morgan fingerprint density at radius 1 is 1.12 bits per heavy atom. The molecule has 2 aromatic rings. The van der Waals surface area contributed by atoms with Gasteiger partial charge in [-0.25, -0.2) is 0 Å². The number of nitrogens with zero attached hydrogens (tertiary/aromatic N) is 1. The van der Waals surface area contributed by atoms with Crippen molar-refractivity contribution in [3.8, 4) is 5.75 Å². The van der Waals surface area contributed by atoms with Gasteiger partial charge in [-0.15, -0.1) is 0 Å². The number of ketones is 1. The van der Waals surface area contributed by atoms with E-state index in [0.29, 0.717) is 24.9 Å². The number of rotatable bonds is 0. The number of piperazine rings is 1. The molecule has 1 aromatic carbocycles. The summed E-state index contributed by atoms with van der Waals surface area (Å²) >= 11 is 0. The third-order valence-corrected chi connectivity index (χ3v) is 8.97. The zero-order valence-electron chi connectivity index (χ0n) is 19.3. The van der Waals surface area contributed by atoms with E-state index in [1.54, 1.807) is 4.90 Å². The van der Waals surface area contributed by atoms with Gasteiger partial charge in [-0.05, 0) is 57.4 Å². The number of ether oxygens (including phenoxy) is 1. The minimum absolute atomic E-state index is 0.167. The van der Waals surface area contributed by atoms with Crippen LogP contribution in [0.2, 0.25) is 0 Å². The Morgan fingerprint density at radius 3 is 2.70 bits per heavy atom. The maximum Gasteiger partial charge on any atom is 0.257 e. The largest absolute Gasteiger partial charge is 0.483 e. The first-order chi connectivity index (χ1) is 15.5. The van der Waals surface area contributed by atoms with Gasteiger partial charge in [-0.3, -0.25) is 14.4 Å². The lowest BCUT2D eigenvalue weighted by molar-refractivity contribution is -0.174. The molecule has 2 N–H and O–H groups in total. The molecule has 1 aliphatic carbocycles. The Morgan fingerprint density at radius 2 is 1.91 bits per heavy atom. The van der Waals surface area contributed by atoms with Gasteiger partial charge in [0.05, 0.1) is 5.52 Å². The number of Topliss-reactive ketones (excluding diaryl/α,β-unsaturated/α-hetero) is 1. The van der Waals surface area contributed by atoms with Crippen molar-refractivity contribution in [3.63, 3.8) is 0 Å². The molecule has 5 aliphatic heterocycles. The van der Waals surface area contributed by atoms with Crippen LogP contribution in [-0.2, 0) is 15.0 Å². The van der Waals surface area contributed by atoms with Crippen LogP contribution in [0.5, 0.6) is 5.75 Å². The van der Waals surface area contributed by atoms with Gasteiger partial charge < -0.3 is 19.9 Å². The third-order valence-electron chi connectivity index (χ3n) is 8.97. The van der Waals surface area contributed by atoms with E-state index in [-0.39, 0.29) is 23.5 Å². The Bertz CT molecular complexity index is 1370. The van der Waals surface area contributed by atoms with Crippen LogP contribution in [-0.4, -0.2) is 50.7 Å². The molecule has 2 bridgehead atoms. The smallest absolute Gasteiger partial charge is 0.257 e. The van der Waals surface area contributed by atoms with Gasteiger partial charge in [0, 0.05) is 40.1 Å². The standard InChI is InChI=1S/C26H27N3O4/c1-23(2)10-8-13-15(33-23)7-6-14-17-19(27-18(13)14)24(3,4)16-12-25-9-5-11-29(25)22(32)26(16,20(17)30)28-21(25)31/h6-8,10,16,27H,5,9,11-12H2,1-4H3,(H,28,31)/t16-,25+,26-/m0/s1. The molecule has 2 spiro atoms. The summed E-state index contributed by atoms with van der Waals surface area (Å²) in [5.41, 5.74) is -0.146. The lowest BCUT2D eigenvalue weighted by Gasteiger charge is -2.62. The van der Waals surface area contributed by atoms with Gasteiger partial charge in [0.15, 0.2) is 5.54 Å². The van der Waals surface area contributed by atoms with E-state index in [1.165, 1.54) is 0 Å². The van der Waals surface area contributed by atoms with Crippen molar-refractivity contribution in [2.75, 3.05) is 6.54 Å². The molecule has 2 amide bonds. The molecule has 0 radical (unpaired) electrons. The van der Waals surface area contributed by atoms with Gasteiger partial charge in [-0.2, -0.15) is 0 Å². The Labute approximate surface area is 191 Å². The topological polar surface area (TPSA) is 91.5 Å². The molecule has 4 fully saturated rings. The SMILES string of the molecule is CC1(C)C=Cc2c(ccc3c4c([nH]c23)C(C)(C)[C@@H]2C[C@@]35CCCN3C(=O)[C@@]2(NC5=O)C4=O)O1. The monoisotopic (exact) mass is 445 g/mol. The number of hydrogen-bond donors (Lipinski definition) is 2. The Kier molecular flexibility index (Phi) is 3.14. The lowest BCUT2D eigenvalue weighted by atomic mass is 9.51. The molecule has 33 heavy (non-hydrogen) atoms. The maximum atomic E-state index is 14.3. The molecule has 1 aromatic heterocycles. The second-order valence-electron chi connectivity index (χ2n) is 11.5. The van der Waals surface area contributed by atoms with Crippen LogP contribution < -0.4 is 10.1 Å². The van der Waals surface area contributed by atoms with Crippen LogP contribution in [0.4, 0.5) is 0 Å². The second kappa shape index (κ2) is 5.34. The molecule has 7 heteroatoms. The molecule has 3 atom stereocenters. The highest BCUT2D eigenvalue weighted by Gasteiger charge is 2.76. The summed E-state index contributed by atoms with van der Waals surface area (Å²) in [6.07, 6.45) is 6.03. The van der Waals surface area contributed by atoms with Crippen LogP contribution in [0.1, 0.15) is 68.6 Å². The number of hydrogen-bond acceptors (Lipinski definition) is 4. The Balaban J connectivity index is 1.51. The van der Waals surface area contributed by atoms with Gasteiger partial charge in [-0.1, -0.05) is 13.8 Å². The summed E-state index contributed by atoms with van der Waals surface area (Å²) in [5.74, 6) is -0.220. The number of benzene rings is 1. The number of H-pyrrole nitrogens is 1. The van der Waals surface area contributed by atoms with Crippen molar-refractivity contribution < 1.29 is 19.1 Å². The molecular weight excluding hydrogens is 418 g/mol. The normalized spacial score (nSPS) is 34.5. The van der Waals surface area contributed by atoms with Gasteiger partial charge >= 0.3 is 0 Å². The zero-order chi connectivity index (χ0) is 23.1. The van der Waals surface area contributed by atoms with Crippen molar-refractivity contribution in [1.29, 1.82) is 0 Å². The number of carbonyl (C=O) groups is 3. The maximum absolute atomic E-state index is 14.3. The van der Waals surface area contributed by atoms with Crippen LogP contribution in [0, 0.1) is 5.92 Å². The van der Waals surface area contributed by atoms with Gasteiger partial charge in [0.1, 0.15) is 16.9 Å². The van der Waals surface area contributed by atoms with Crippen molar-refractivity contribution in [2.45, 2.75) is 69.1 Å². The zero-order valence-corrected chi connectivity index (χ0v) is 19.3. The summed E-state index contributed by atoms with van der Waals surface area (Å²) in [4.78, 5) is 46.7. The van der Waals surface area contributed by atoms with Crippen LogP contribution in [0.3, 0.4) is 0 Å². The predicted molar refractivity (Wildman–Crippen MR) is 122 cm³/mol. The van der Waals surface area contributed by atoms with Gasteiger partial charge in [0.25, 0.3) is 5.91 Å². The van der Waals surface area contributed by atoms with Crippen molar-refractivity contribution in [3.05, 3.63) is 35.0 Å². The van der Waals surface area contributed by atoms with Crippen LogP contribution in [0.15, 0.2) is 18.2 Å². The van der Waals surface area contributed by atoms with E-state index in [9.17, 15) is 14.4 Å². The number of piperidine rings is 2. The molecule has 4 saturated heterocycles. The van der Waals surface area contributed by atoms with E-state index in [1.807, 2.05) is 38.1 Å². The predicted octanol–water partition coefficient (Wildman–Crippen LogP) is 3.08. The second-order valence-corrected chi connectivity index (χ2v) is 11.5. The van der Waals surface area contributed by atoms with Crippen LogP contribution >= 0.6 is 0 Å². The Hall–Kier alpha value is -3.09. The molecule has 6 heterocycles.